The summed E-state index contributed by atoms with van der Waals surface area (Å²) >= 11 is 3.46. The van der Waals surface area contributed by atoms with Gasteiger partial charge in [-0.3, -0.25) is 0 Å². The molecule has 0 unspecified atom stereocenters. The Bertz CT molecular complexity index is 334. The van der Waals surface area contributed by atoms with Crippen LogP contribution in [0.25, 0.3) is 0 Å². The topological polar surface area (TPSA) is 18.5 Å². The predicted molar refractivity (Wildman–Crippen MR) is 63.1 cm³/mol. The average molecular weight is 271 g/mol. The van der Waals surface area contributed by atoms with E-state index < -0.39 is 0 Å². The summed E-state index contributed by atoms with van der Waals surface area (Å²) in [5.74, 6) is 1.69. The number of benzene rings is 1. The van der Waals surface area contributed by atoms with E-state index in [9.17, 15) is 0 Å². The van der Waals surface area contributed by atoms with Gasteiger partial charge in [0.1, 0.15) is 5.75 Å². The van der Waals surface area contributed by atoms with Gasteiger partial charge in [-0.15, -0.1) is 0 Å². The van der Waals surface area contributed by atoms with Crippen LogP contribution in [-0.4, -0.2) is 13.7 Å². The molecule has 1 saturated carbocycles. The molecule has 0 amide bonds. The molecule has 0 aromatic heterocycles. The fourth-order valence-electron chi connectivity index (χ4n) is 1.43. The summed E-state index contributed by atoms with van der Waals surface area (Å²) in [5.41, 5.74) is 1.18. The first-order valence-electron chi connectivity index (χ1n) is 5.20. The lowest BCUT2D eigenvalue weighted by Crippen LogP contribution is -1.97. The molecule has 2 nitrogen and oxygen atoms in total. The zero-order valence-corrected chi connectivity index (χ0v) is 10.4. The first-order valence-corrected chi connectivity index (χ1v) is 5.99. The smallest absolute Gasteiger partial charge is 0.133 e. The van der Waals surface area contributed by atoms with Crippen molar-refractivity contribution in [3.05, 3.63) is 28.2 Å². The van der Waals surface area contributed by atoms with E-state index in [0.29, 0.717) is 6.61 Å². The van der Waals surface area contributed by atoms with Gasteiger partial charge in [-0.2, -0.15) is 0 Å². The highest BCUT2D eigenvalue weighted by Gasteiger charge is 2.20. The maximum atomic E-state index is 5.61. The van der Waals surface area contributed by atoms with E-state index >= 15 is 0 Å². The van der Waals surface area contributed by atoms with Crippen molar-refractivity contribution < 1.29 is 9.47 Å². The number of ether oxygens (including phenoxy) is 2. The SMILES string of the molecule is COc1ccc(COCC2CC2)cc1Br. The molecule has 1 aliphatic rings. The van der Waals surface area contributed by atoms with Crippen LogP contribution in [0.4, 0.5) is 0 Å². The number of halogens is 1. The summed E-state index contributed by atoms with van der Waals surface area (Å²) in [6.07, 6.45) is 2.68. The molecule has 3 heteroatoms. The Hall–Kier alpha value is -0.540. The van der Waals surface area contributed by atoms with Gasteiger partial charge in [0.25, 0.3) is 0 Å². The van der Waals surface area contributed by atoms with Crippen LogP contribution in [0.15, 0.2) is 22.7 Å². The van der Waals surface area contributed by atoms with Crippen molar-refractivity contribution in [2.75, 3.05) is 13.7 Å². The lowest BCUT2D eigenvalue weighted by Gasteiger charge is -2.06. The zero-order valence-electron chi connectivity index (χ0n) is 8.83. The van der Waals surface area contributed by atoms with Crippen LogP contribution in [0.2, 0.25) is 0 Å². The van der Waals surface area contributed by atoms with E-state index in [-0.39, 0.29) is 0 Å². The van der Waals surface area contributed by atoms with Crippen molar-refractivity contribution in [3.63, 3.8) is 0 Å². The zero-order chi connectivity index (χ0) is 10.7. The highest BCUT2D eigenvalue weighted by Crippen LogP contribution is 2.29. The predicted octanol–water partition coefficient (Wildman–Crippen LogP) is 3.38. The first kappa shape index (κ1) is 11.0. The maximum absolute atomic E-state index is 5.61. The van der Waals surface area contributed by atoms with Crippen molar-refractivity contribution in [1.82, 2.24) is 0 Å². The lowest BCUT2D eigenvalue weighted by atomic mass is 10.2. The monoisotopic (exact) mass is 270 g/mol. The Labute approximate surface area is 98.7 Å². The lowest BCUT2D eigenvalue weighted by molar-refractivity contribution is 0.111. The van der Waals surface area contributed by atoms with E-state index in [4.69, 9.17) is 9.47 Å². The van der Waals surface area contributed by atoms with Crippen LogP contribution in [0.5, 0.6) is 5.75 Å². The largest absolute Gasteiger partial charge is 0.496 e. The molecule has 0 heterocycles. The third kappa shape index (κ3) is 3.21. The Kier molecular flexibility index (Phi) is 3.65. The quantitative estimate of drug-likeness (QED) is 0.817. The fourth-order valence-corrected chi connectivity index (χ4v) is 2.02. The molecule has 0 saturated heterocycles. The van der Waals surface area contributed by atoms with Crippen LogP contribution in [0.1, 0.15) is 18.4 Å². The Balaban J connectivity index is 1.87. The number of hydrogen-bond acceptors (Lipinski definition) is 2. The van der Waals surface area contributed by atoms with Gasteiger partial charge in [0.15, 0.2) is 0 Å². The van der Waals surface area contributed by atoms with Crippen molar-refractivity contribution >= 4 is 15.9 Å². The normalized spacial score (nSPS) is 15.3. The average Bonchev–Trinajstić information content (AvgIpc) is 3.02. The number of rotatable bonds is 5. The Morgan fingerprint density at radius 2 is 2.20 bits per heavy atom. The molecule has 0 radical (unpaired) electrons. The molecule has 82 valence electrons. The van der Waals surface area contributed by atoms with Crippen LogP contribution in [0.3, 0.4) is 0 Å². The van der Waals surface area contributed by atoms with Gasteiger partial charge in [-0.05, 0) is 52.4 Å². The highest BCUT2D eigenvalue weighted by atomic mass is 79.9. The first-order chi connectivity index (χ1) is 7.29. The molecule has 0 bridgehead atoms. The second-order valence-corrected chi connectivity index (χ2v) is 4.78. The van der Waals surface area contributed by atoms with Crippen LogP contribution in [0, 0.1) is 5.92 Å². The van der Waals surface area contributed by atoms with Gasteiger partial charge in [0.2, 0.25) is 0 Å². The summed E-state index contributed by atoms with van der Waals surface area (Å²) < 4.78 is 11.8. The standard InChI is InChI=1S/C12H15BrO2/c1-14-12-5-4-10(6-11(12)13)8-15-7-9-2-3-9/h4-6,9H,2-3,7-8H2,1H3. The summed E-state index contributed by atoms with van der Waals surface area (Å²) in [6.45, 7) is 1.60. The summed E-state index contributed by atoms with van der Waals surface area (Å²) in [5, 5.41) is 0. The fraction of sp³-hybridized carbons (Fsp3) is 0.500. The second-order valence-electron chi connectivity index (χ2n) is 3.93. The molecular formula is C12H15BrO2. The second kappa shape index (κ2) is 4.99. The van der Waals surface area contributed by atoms with Crippen molar-refractivity contribution in [2.45, 2.75) is 19.4 Å². The molecular weight excluding hydrogens is 256 g/mol. The molecule has 0 aliphatic heterocycles. The third-order valence-electron chi connectivity index (χ3n) is 2.54. The molecule has 1 aromatic carbocycles. The van der Waals surface area contributed by atoms with Crippen LogP contribution < -0.4 is 4.74 Å². The highest BCUT2D eigenvalue weighted by molar-refractivity contribution is 9.10. The van der Waals surface area contributed by atoms with Crippen LogP contribution in [-0.2, 0) is 11.3 Å². The molecule has 0 N–H and O–H groups in total. The number of methoxy groups -OCH3 is 1. The molecule has 1 aliphatic carbocycles. The molecule has 15 heavy (non-hydrogen) atoms. The minimum absolute atomic E-state index is 0.694. The molecule has 0 atom stereocenters. The molecule has 0 spiro atoms. The number of hydrogen-bond donors (Lipinski definition) is 0. The van der Waals surface area contributed by atoms with E-state index in [0.717, 1.165) is 22.7 Å². The van der Waals surface area contributed by atoms with Gasteiger partial charge < -0.3 is 9.47 Å². The Morgan fingerprint density at radius 1 is 1.40 bits per heavy atom. The van der Waals surface area contributed by atoms with Gasteiger partial charge in [-0.25, -0.2) is 0 Å². The van der Waals surface area contributed by atoms with Crippen molar-refractivity contribution in [2.24, 2.45) is 5.92 Å². The van der Waals surface area contributed by atoms with Crippen molar-refractivity contribution in [1.29, 1.82) is 0 Å². The molecule has 1 aromatic rings. The van der Waals surface area contributed by atoms with E-state index in [1.54, 1.807) is 7.11 Å². The van der Waals surface area contributed by atoms with Gasteiger partial charge in [0, 0.05) is 6.61 Å². The van der Waals surface area contributed by atoms with Gasteiger partial charge in [0.05, 0.1) is 18.2 Å². The molecule has 1 fully saturated rings. The maximum Gasteiger partial charge on any atom is 0.133 e. The summed E-state index contributed by atoms with van der Waals surface area (Å²) in [4.78, 5) is 0. The Morgan fingerprint density at radius 3 is 2.80 bits per heavy atom. The van der Waals surface area contributed by atoms with Crippen molar-refractivity contribution in [3.8, 4) is 5.75 Å². The summed E-state index contributed by atoms with van der Waals surface area (Å²) in [6, 6.07) is 6.04. The van der Waals surface area contributed by atoms with Gasteiger partial charge in [-0.1, -0.05) is 6.07 Å². The minimum atomic E-state index is 0.694. The molecule has 2 rings (SSSR count). The minimum Gasteiger partial charge on any atom is -0.496 e. The van der Waals surface area contributed by atoms with Gasteiger partial charge >= 0.3 is 0 Å². The van der Waals surface area contributed by atoms with E-state index in [2.05, 4.69) is 15.9 Å². The van der Waals surface area contributed by atoms with Crippen LogP contribution >= 0.6 is 15.9 Å². The van der Waals surface area contributed by atoms with E-state index in [1.807, 2.05) is 18.2 Å². The van der Waals surface area contributed by atoms with E-state index in [1.165, 1.54) is 18.4 Å². The third-order valence-corrected chi connectivity index (χ3v) is 3.16. The summed E-state index contributed by atoms with van der Waals surface area (Å²) in [7, 11) is 1.67.